The Kier molecular flexibility index (Phi) is 3.28. The first kappa shape index (κ1) is 12.9. The maximum atomic E-state index is 6.03. The molecule has 0 spiro atoms. The molecule has 1 aliphatic rings. The van der Waals surface area contributed by atoms with Crippen LogP contribution >= 0.6 is 0 Å². The average molecular weight is 271 g/mol. The van der Waals surface area contributed by atoms with Gasteiger partial charge in [-0.1, -0.05) is 6.07 Å². The Labute approximate surface area is 117 Å². The smallest absolute Gasteiger partial charge is 0.165 e. The molecule has 5 nitrogen and oxygen atoms in total. The van der Waals surface area contributed by atoms with Crippen LogP contribution in [0.1, 0.15) is 16.8 Å². The molecule has 0 atom stereocenters. The van der Waals surface area contributed by atoms with Crippen molar-refractivity contribution in [1.29, 1.82) is 0 Å². The summed E-state index contributed by atoms with van der Waals surface area (Å²) >= 11 is 0. The van der Waals surface area contributed by atoms with Gasteiger partial charge in [-0.05, 0) is 24.6 Å². The van der Waals surface area contributed by atoms with E-state index in [4.69, 9.17) is 15.2 Å². The van der Waals surface area contributed by atoms with Gasteiger partial charge in [0.25, 0.3) is 0 Å². The first-order chi connectivity index (χ1) is 9.69. The molecule has 0 fully saturated rings. The lowest BCUT2D eigenvalue weighted by Crippen LogP contribution is -2.16. The van der Waals surface area contributed by atoms with Crippen molar-refractivity contribution in [3.8, 4) is 17.1 Å². The highest BCUT2D eigenvalue weighted by Crippen LogP contribution is 2.31. The molecule has 0 amide bonds. The number of benzene rings is 1. The molecule has 2 heterocycles. The number of rotatable bonds is 2. The number of ether oxygens (including phenoxy) is 2. The topological polar surface area (TPSA) is 70.3 Å². The van der Waals surface area contributed by atoms with Crippen LogP contribution in [-0.4, -0.2) is 23.7 Å². The predicted molar refractivity (Wildman–Crippen MR) is 76.5 cm³/mol. The Morgan fingerprint density at radius 3 is 2.95 bits per heavy atom. The van der Waals surface area contributed by atoms with Crippen LogP contribution in [0.5, 0.6) is 5.75 Å². The summed E-state index contributed by atoms with van der Waals surface area (Å²) in [4.78, 5) is 9.03. The first-order valence-electron chi connectivity index (χ1n) is 6.57. The first-order valence-corrected chi connectivity index (χ1v) is 6.57. The molecule has 0 bridgehead atoms. The van der Waals surface area contributed by atoms with Crippen molar-refractivity contribution < 1.29 is 9.47 Å². The third-order valence-corrected chi connectivity index (χ3v) is 3.45. The second kappa shape index (κ2) is 5.09. The van der Waals surface area contributed by atoms with Crippen molar-refractivity contribution >= 4 is 5.82 Å². The quantitative estimate of drug-likeness (QED) is 0.906. The van der Waals surface area contributed by atoms with Gasteiger partial charge in [0.1, 0.15) is 11.6 Å². The molecule has 0 unspecified atom stereocenters. The average Bonchev–Trinajstić information content (AvgIpc) is 2.47. The van der Waals surface area contributed by atoms with E-state index in [0.29, 0.717) is 24.9 Å². The van der Waals surface area contributed by atoms with Gasteiger partial charge in [0, 0.05) is 12.0 Å². The summed E-state index contributed by atoms with van der Waals surface area (Å²) < 4.78 is 10.8. The van der Waals surface area contributed by atoms with Crippen LogP contribution in [0, 0.1) is 6.92 Å². The third kappa shape index (κ3) is 2.20. The second-order valence-electron chi connectivity index (χ2n) is 4.86. The number of methoxy groups -OCH3 is 1. The molecule has 0 saturated heterocycles. The van der Waals surface area contributed by atoms with Gasteiger partial charge < -0.3 is 15.2 Å². The van der Waals surface area contributed by atoms with E-state index in [1.807, 2.05) is 25.1 Å². The van der Waals surface area contributed by atoms with Crippen LogP contribution in [0.3, 0.4) is 0 Å². The number of hydrogen-bond acceptors (Lipinski definition) is 5. The van der Waals surface area contributed by atoms with Gasteiger partial charge in [0.05, 0.1) is 31.6 Å². The van der Waals surface area contributed by atoms with Gasteiger partial charge in [-0.2, -0.15) is 0 Å². The standard InChI is InChI=1S/C15H17N3O2/c1-9-3-4-10(13(7-9)19-2)15-17-12-5-6-20-8-11(12)14(16)18-15/h3-4,7H,5-6,8H2,1-2H3,(H2,16,17,18). The number of aryl methyl sites for hydroxylation is 1. The van der Waals surface area contributed by atoms with Crippen LogP contribution in [0.4, 0.5) is 5.82 Å². The molecule has 0 saturated carbocycles. The Morgan fingerprint density at radius 1 is 1.30 bits per heavy atom. The minimum Gasteiger partial charge on any atom is -0.496 e. The number of fused-ring (bicyclic) bond motifs is 1. The number of anilines is 1. The zero-order valence-electron chi connectivity index (χ0n) is 11.6. The zero-order valence-corrected chi connectivity index (χ0v) is 11.6. The van der Waals surface area contributed by atoms with Gasteiger partial charge >= 0.3 is 0 Å². The second-order valence-corrected chi connectivity index (χ2v) is 4.86. The molecule has 0 aliphatic carbocycles. The molecular weight excluding hydrogens is 254 g/mol. The van der Waals surface area contributed by atoms with Gasteiger partial charge in [-0.25, -0.2) is 9.97 Å². The fraction of sp³-hybridized carbons (Fsp3) is 0.333. The summed E-state index contributed by atoms with van der Waals surface area (Å²) in [6.07, 6.45) is 0.767. The number of nitrogens with two attached hydrogens (primary N) is 1. The maximum absolute atomic E-state index is 6.03. The Balaban J connectivity index is 2.13. The van der Waals surface area contributed by atoms with Crippen molar-refractivity contribution in [2.75, 3.05) is 19.5 Å². The lowest BCUT2D eigenvalue weighted by molar-refractivity contribution is 0.109. The van der Waals surface area contributed by atoms with Crippen LogP contribution in [0.15, 0.2) is 18.2 Å². The molecule has 2 N–H and O–H groups in total. The van der Waals surface area contributed by atoms with Crippen LogP contribution in [0.2, 0.25) is 0 Å². The fourth-order valence-electron chi connectivity index (χ4n) is 2.36. The summed E-state index contributed by atoms with van der Waals surface area (Å²) in [7, 11) is 1.65. The van der Waals surface area contributed by atoms with E-state index < -0.39 is 0 Å². The van der Waals surface area contributed by atoms with Crippen molar-refractivity contribution in [2.45, 2.75) is 20.0 Å². The highest BCUT2D eigenvalue weighted by atomic mass is 16.5. The van der Waals surface area contributed by atoms with E-state index in [9.17, 15) is 0 Å². The van der Waals surface area contributed by atoms with Gasteiger partial charge in [0.15, 0.2) is 5.82 Å². The SMILES string of the molecule is COc1cc(C)ccc1-c1nc(N)c2c(n1)CCOC2. The molecule has 5 heteroatoms. The molecule has 1 aromatic carbocycles. The Hall–Kier alpha value is -2.14. The van der Waals surface area contributed by atoms with Crippen LogP contribution in [-0.2, 0) is 17.8 Å². The Morgan fingerprint density at radius 2 is 2.15 bits per heavy atom. The van der Waals surface area contributed by atoms with E-state index >= 15 is 0 Å². The van der Waals surface area contributed by atoms with Crippen molar-refractivity contribution in [3.63, 3.8) is 0 Å². The number of nitrogen functional groups attached to an aromatic ring is 1. The number of hydrogen-bond donors (Lipinski definition) is 1. The summed E-state index contributed by atoms with van der Waals surface area (Å²) in [6.45, 7) is 3.19. The monoisotopic (exact) mass is 271 g/mol. The lowest BCUT2D eigenvalue weighted by Gasteiger charge is -2.18. The molecule has 2 aromatic rings. The summed E-state index contributed by atoms with van der Waals surface area (Å²) in [6, 6.07) is 5.95. The number of aromatic nitrogens is 2. The normalized spacial score (nSPS) is 13.9. The van der Waals surface area contributed by atoms with Gasteiger partial charge in [0.2, 0.25) is 0 Å². The van der Waals surface area contributed by atoms with Crippen LogP contribution in [0.25, 0.3) is 11.4 Å². The fourth-order valence-corrected chi connectivity index (χ4v) is 2.36. The van der Waals surface area contributed by atoms with Crippen molar-refractivity contribution in [3.05, 3.63) is 35.0 Å². The molecular formula is C15H17N3O2. The molecule has 1 aliphatic heterocycles. The van der Waals surface area contributed by atoms with Crippen molar-refractivity contribution in [2.24, 2.45) is 0 Å². The Bertz CT molecular complexity index is 656. The minimum absolute atomic E-state index is 0.493. The molecule has 104 valence electrons. The highest BCUT2D eigenvalue weighted by Gasteiger charge is 2.18. The molecule has 3 rings (SSSR count). The summed E-state index contributed by atoms with van der Waals surface area (Å²) in [5.74, 6) is 1.86. The summed E-state index contributed by atoms with van der Waals surface area (Å²) in [5, 5.41) is 0. The minimum atomic E-state index is 0.493. The molecule has 0 radical (unpaired) electrons. The van der Waals surface area contributed by atoms with E-state index in [0.717, 1.165) is 34.6 Å². The maximum Gasteiger partial charge on any atom is 0.165 e. The zero-order chi connectivity index (χ0) is 14.1. The van der Waals surface area contributed by atoms with Gasteiger partial charge in [-0.3, -0.25) is 0 Å². The molecule has 1 aromatic heterocycles. The van der Waals surface area contributed by atoms with E-state index in [1.54, 1.807) is 7.11 Å². The van der Waals surface area contributed by atoms with Crippen molar-refractivity contribution in [1.82, 2.24) is 9.97 Å². The highest BCUT2D eigenvalue weighted by molar-refractivity contribution is 5.66. The van der Waals surface area contributed by atoms with E-state index in [2.05, 4.69) is 9.97 Å². The predicted octanol–water partition coefficient (Wildman–Crippen LogP) is 2.12. The van der Waals surface area contributed by atoms with Crippen LogP contribution < -0.4 is 10.5 Å². The lowest BCUT2D eigenvalue weighted by atomic mass is 10.1. The van der Waals surface area contributed by atoms with Gasteiger partial charge in [-0.15, -0.1) is 0 Å². The van der Waals surface area contributed by atoms with E-state index in [1.165, 1.54) is 0 Å². The number of nitrogens with zero attached hydrogens (tertiary/aromatic N) is 2. The van der Waals surface area contributed by atoms with E-state index in [-0.39, 0.29) is 0 Å². The largest absolute Gasteiger partial charge is 0.496 e. The molecule has 20 heavy (non-hydrogen) atoms. The third-order valence-electron chi connectivity index (χ3n) is 3.45. The summed E-state index contributed by atoms with van der Waals surface area (Å²) in [5.41, 5.74) is 9.90.